The van der Waals surface area contributed by atoms with E-state index in [1.54, 1.807) is 36.4 Å². The minimum absolute atomic E-state index is 0.116. The van der Waals surface area contributed by atoms with E-state index in [9.17, 15) is 9.59 Å². The maximum atomic E-state index is 12.3. The van der Waals surface area contributed by atoms with Gasteiger partial charge in [-0.3, -0.25) is 14.9 Å². The molecule has 0 atom stereocenters. The molecule has 3 N–H and O–H groups in total. The molecule has 160 valence electrons. The lowest BCUT2D eigenvalue weighted by molar-refractivity contribution is 0.0947. The lowest BCUT2D eigenvalue weighted by atomic mass is 10.1. The first-order valence-corrected chi connectivity index (χ1v) is 11.0. The van der Waals surface area contributed by atoms with Crippen LogP contribution in [0.1, 0.15) is 40.1 Å². The zero-order valence-electron chi connectivity index (χ0n) is 17.4. The first kappa shape index (κ1) is 24.0. The third-order valence-corrected chi connectivity index (χ3v) is 5.73. The quantitative estimate of drug-likeness (QED) is 0.488. The van der Waals surface area contributed by atoms with Crippen molar-refractivity contribution in [2.45, 2.75) is 20.8 Å². The van der Waals surface area contributed by atoms with Crippen LogP contribution in [0.25, 0.3) is 0 Å². The molecule has 0 saturated carbocycles. The van der Waals surface area contributed by atoms with Crippen LogP contribution in [0, 0.1) is 6.92 Å². The van der Waals surface area contributed by atoms with Crippen molar-refractivity contribution in [3.8, 4) is 0 Å². The Morgan fingerprint density at radius 3 is 2.23 bits per heavy atom. The van der Waals surface area contributed by atoms with Gasteiger partial charge in [-0.05, 0) is 74.2 Å². The number of nitrogens with one attached hydrogen (secondary N) is 3. The van der Waals surface area contributed by atoms with Crippen molar-refractivity contribution >= 4 is 50.8 Å². The van der Waals surface area contributed by atoms with Crippen molar-refractivity contribution in [1.29, 1.82) is 0 Å². The second kappa shape index (κ2) is 11.8. The number of benzene rings is 2. The summed E-state index contributed by atoms with van der Waals surface area (Å²) in [5.74, 6) is -0.410. The van der Waals surface area contributed by atoms with E-state index in [0.717, 1.165) is 29.7 Å². The summed E-state index contributed by atoms with van der Waals surface area (Å²) in [6.07, 6.45) is 0. The Bertz CT molecular complexity index is 899. The second-order valence-electron chi connectivity index (χ2n) is 6.73. The number of nitrogens with zero attached hydrogens (tertiary/aromatic N) is 1. The third kappa shape index (κ3) is 7.19. The number of anilines is 1. The monoisotopic (exact) mass is 490 g/mol. The summed E-state index contributed by atoms with van der Waals surface area (Å²) >= 11 is 8.64. The topological polar surface area (TPSA) is 73.5 Å². The summed E-state index contributed by atoms with van der Waals surface area (Å²) in [5, 5.41) is 8.72. The average Bonchev–Trinajstić information content (AvgIpc) is 2.73. The number of aryl methyl sites for hydroxylation is 1. The van der Waals surface area contributed by atoms with Gasteiger partial charge in [0.2, 0.25) is 0 Å². The third-order valence-electron chi connectivity index (χ3n) is 4.67. The maximum Gasteiger partial charge on any atom is 0.257 e. The van der Waals surface area contributed by atoms with Crippen LogP contribution in [-0.4, -0.2) is 48.0 Å². The van der Waals surface area contributed by atoms with Gasteiger partial charge in [0.25, 0.3) is 11.8 Å². The molecule has 2 aromatic rings. The number of amides is 2. The van der Waals surface area contributed by atoms with Crippen LogP contribution in [-0.2, 0) is 0 Å². The standard InChI is InChI=1S/C22H27BrN4O2S/c1-4-27(5-2)13-12-24-20(28)16-8-10-18(11-9-16)25-22(30)26-21(29)17-7-6-15(3)19(23)14-17/h6-11,14H,4-5,12-13H2,1-3H3,(H,24,28)(H2,25,26,29,30). The first-order chi connectivity index (χ1) is 14.3. The van der Waals surface area contributed by atoms with Gasteiger partial charge in [-0.1, -0.05) is 35.8 Å². The molecule has 2 aromatic carbocycles. The Balaban J connectivity index is 1.85. The summed E-state index contributed by atoms with van der Waals surface area (Å²) in [6, 6.07) is 12.3. The van der Waals surface area contributed by atoms with Crippen molar-refractivity contribution in [2.75, 3.05) is 31.5 Å². The number of hydrogen-bond acceptors (Lipinski definition) is 4. The molecule has 30 heavy (non-hydrogen) atoms. The molecule has 0 unspecified atom stereocenters. The fourth-order valence-electron chi connectivity index (χ4n) is 2.75. The molecule has 0 spiro atoms. The van der Waals surface area contributed by atoms with Crippen molar-refractivity contribution < 1.29 is 9.59 Å². The van der Waals surface area contributed by atoms with Gasteiger partial charge in [-0.15, -0.1) is 0 Å². The van der Waals surface area contributed by atoms with Crippen LogP contribution < -0.4 is 16.0 Å². The van der Waals surface area contributed by atoms with Gasteiger partial charge in [0.15, 0.2) is 5.11 Å². The number of likely N-dealkylation sites (N-methyl/N-ethyl adjacent to an activating group) is 1. The van der Waals surface area contributed by atoms with E-state index in [0.29, 0.717) is 23.4 Å². The molecule has 2 rings (SSSR count). The summed E-state index contributed by atoms with van der Waals surface area (Å²) in [7, 11) is 0. The number of carbonyl (C=O) groups is 2. The van der Waals surface area contributed by atoms with Crippen molar-refractivity contribution in [3.05, 3.63) is 63.6 Å². The highest BCUT2D eigenvalue weighted by molar-refractivity contribution is 9.10. The largest absolute Gasteiger partial charge is 0.351 e. The summed E-state index contributed by atoms with van der Waals surface area (Å²) in [6.45, 7) is 9.50. The van der Waals surface area contributed by atoms with E-state index in [4.69, 9.17) is 12.2 Å². The van der Waals surface area contributed by atoms with Gasteiger partial charge in [-0.25, -0.2) is 0 Å². The Morgan fingerprint density at radius 1 is 1.00 bits per heavy atom. The SMILES string of the molecule is CCN(CC)CCNC(=O)c1ccc(NC(=S)NC(=O)c2ccc(C)c(Br)c2)cc1. The Labute approximate surface area is 191 Å². The maximum absolute atomic E-state index is 12.3. The Hall–Kier alpha value is -2.29. The number of hydrogen-bond donors (Lipinski definition) is 3. The second-order valence-corrected chi connectivity index (χ2v) is 7.99. The highest BCUT2D eigenvalue weighted by atomic mass is 79.9. The predicted molar refractivity (Wildman–Crippen MR) is 129 cm³/mol. The van der Waals surface area contributed by atoms with E-state index in [-0.39, 0.29) is 16.9 Å². The van der Waals surface area contributed by atoms with E-state index in [1.807, 2.05) is 13.0 Å². The number of carbonyl (C=O) groups excluding carboxylic acids is 2. The molecule has 0 radical (unpaired) electrons. The van der Waals surface area contributed by atoms with Gasteiger partial charge in [0, 0.05) is 34.4 Å². The smallest absolute Gasteiger partial charge is 0.257 e. The minimum atomic E-state index is -0.294. The molecule has 0 aliphatic heterocycles. The molecule has 0 aromatic heterocycles. The molecule has 8 heteroatoms. The molecule has 0 bridgehead atoms. The molecule has 0 aliphatic carbocycles. The lowest BCUT2D eigenvalue weighted by Gasteiger charge is -2.18. The molecular weight excluding hydrogens is 464 g/mol. The fourth-order valence-corrected chi connectivity index (χ4v) is 3.34. The number of rotatable bonds is 8. The van der Waals surface area contributed by atoms with Crippen LogP contribution in [0.5, 0.6) is 0 Å². The Morgan fingerprint density at radius 2 is 1.63 bits per heavy atom. The normalized spacial score (nSPS) is 10.6. The van der Waals surface area contributed by atoms with Crippen LogP contribution in [0.3, 0.4) is 0 Å². The zero-order valence-corrected chi connectivity index (χ0v) is 19.8. The summed E-state index contributed by atoms with van der Waals surface area (Å²) in [5.41, 5.74) is 2.81. The molecule has 2 amide bonds. The van der Waals surface area contributed by atoms with Gasteiger partial charge in [-0.2, -0.15) is 0 Å². The summed E-state index contributed by atoms with van der Waals surface area (Å²) < 4.78 is 0.861. The highest BCUT2D eigenvalue weighted by Gasteiger charge is 2.10. The minimum Gasteiger partial charge on any atom is -0.351 e. The van der Waals surface area contributed by atoms with E-state index >= 15 is 0 Å². The highest BCUT2D eigenvalue weighted by Crippen LogP contribution is 2.17. The number of halogens is 1. The average molecular weight is 491 g/mol. The molecule has 0 fully saturated rings. The van der Waals surface area contributed by atoms with Crippen LogP contribution in [0.4, 0.5) is 5.69 Å². The predicted octanol–water partition coefficient (Wildman–Crippen LogP) is 3.96. The van der Waals surface area contributed by atoms with Crippen molar-refractivity contribution in [3.63, 3.8) is 0 Å². The zero-order chi connectivity index (χ0) is 22.1. The van der Waals surface area contributed by atoms with Gasteiger partial charge >= 0.3 is 0 Å². The van der Waals surface area contributed by atoms with Crippen LogP contribution >= 0.6 is 28.1 Å². The van der Waals surface area contributed by atoms with Crippen LogP contribution in [0.15, 0.2) is 46.9 Å². The van der Waals surface area contributed by atoms with Crippen molar-refractivity contribution in [1.82, 2.24) is 15.5 Å². The first-order valence-electron chi connectivity index (χ1n) is 9.83. The molecule has 0 aliphatic rings. The molecule has 6 nitrogen and oxygen atoms in total. The molecule has 0 saturated heterocycles. The number of thiocarbonyl (C=S) groups is 1. The van der Waals surface area contributed by atoms with Crippen LogP contribution in [0.2, 0.25) is 0 Å². The lowest BCUT2D eigenvalue weighted by Crippen LogP contribution is -2.35. The van der Waals surface area contributed by atoms with Gasteiger partial charge in [0.05, 0.1) is 0 Å². The van der Waals surface area contributed by atoms with E-state index in [1.165, 1.54) is 0 Å². The fraction of sp³-hybridized carbons (Fsp3) is 0.318. The van der Waals surface area contributed by atoms with E-state index < -0.39 is 0 Å². The van der Waals surface area contributed by atoms with Gasteiger partial charge in [0.1, 0.15) is 0 Å². The molecular formula is C22H27BrN4O2S. The van der Waals surface area contributed by atoms with E-state index in [2.05, 4.69) is 50.6 Å². The summed E-state index contributed by atoms with van der Waals surface area (Å²) in [4.78, 5) is 26.8. The Kier molecular flexibility index (Phi) is 9.42. The van der Waals surface area contributed by atoms with Crippen molar-refractivity contribution in [2.24, 2.45) is 0 Å². The molecule has 0 heterocycles. The van der Waals surface area contributed by atoms with Gasteiger partial charge < -0.3 is 15.5 Å².